The van der Waals surface area contributed by atoms with Gasteiger partial charge in [0, 0.05) is 38.7 Å². The number of carboxylic acid groups (broad SMARTS) is 1. The molecule has 11 heteroatoms. The number of anilines is 2. The lowest BCUT2D eigenvalue weighted by atomic mass is 9.73. The van der Waals surface area contributed by atoms with Crippen molar-refractivity contribution >= 4 is 23.5 Å². The van der Waals surface area contributed by atoms with E-state index in [1.165, 1.54) is 40.0 Å². The Morgan fingerprint density at radius 2 is 2.16 bits per heavy atom. The third kappa shape index (κ3) is 4.81. The highest BCUT2D eigenvalue weighted by Crippen LogP contribution is 2.43. The molecule has 1 aromatic heterocycles. The molecule has 1 aliphatic heterocycles. The standard InChI is InChI=1S/C21H25FN6O4/c1-32-10-2-8-21(12-23)13-27(20(30)31)9-7-17(21)28-11-16(18(24)29)19(26-28)25-15-5-3-14(22)4-6-15/h3-6,11,17H,2,7-10,13H2,1H3,(H2,24,29)(H,25,26)(H,30,31)/t17-,21-/m0/s1. The van der Waals surface area contributed by atoms with E-state index >= 15 is 0 Å². The molecule has 4 N–H and O–H groups in total. The maximum absolute atomic E-state index is 13.2. The van der Waals surface area contributed by atoms with Gasteiger partial charge in [-0.25, -0.2) is 9.18 Å². The molecule has 2 aromatic rings. The number of carbonyl (C=O) groups is 2. The van der Waals surface area contributed by atoms with Crippen LogP contribution < -0.4 is 11.1 Å². The molecule has 170 valence electrons. The maximum atomic E-state index is 13.2. The van der Waals surface area contributed by atoms with Crippen LogP contribution in [-0.4, -0.2) is 58.6 Å². The van der Waals surface area contributed by atoms with Crippen molar-refractivity contribution in [1.29, 1.82) is 5.26 Å². The van der Waals surface area contributed by atoms with Crippen LogP contribution in [0.3, 0.4) is 0 Å². The lowest BCUT2D eigenvalue weighted by Gasteiger charge is -2.43. The Hall–Kier alpha value is -3.65. The summed E-state index contributed by atoms with van der Waals surface area (Å²) in [6, 6.07) is 7.36. The highest BCUT2D eigenvalue weighted by molar-refractivity contribution is 5.98. The second-order valence-corrected chi connectivity index (χ2v) is 7.74. The first-order chi connectivity index (χ1) is 15.3. The zero-order valence-electron chi connectivity index (χ0n) is 17.6. The Kier molecular flexibility index (Phi) is 6.95. The summed E-state index contributed by atoms with van der Waals surface area (Å²) in [6.07, 6.45) is 1.66. The predicted octanol–water partition coefficient (Wildman–Crippen LogP) is 2.73. The number of benzene rings is 1. The molecule has 1 fully saturated rings. The molecule has 3 rings (SSSR count). The summed E-state index contributed by atoms with van der Waals surface area (Å²) in [5.74, 6) is -0.949. The van der Waals surface area contributed by atoms with Crippen LogP contribution >= 0.6 is 0 Å². The average Bonchev–Trinajstić information content (AvgIpc) is 3.19. The monoisotopic (exact) mass is 444 g/mol. The fraction of sp³-hybridized carbons (Fsp3) is 0.429. The van der Waals surface area contributed by atoms with Gasteiger partial charge in [0.05, 0.1) is 17.5 Å². The quantitative estimate of drug-likeness (QED) is 0.531. The number of likely N-dealkylation sites (tertiary alicyclic amines) is 1. The molecule has 1 aromatic carbocycles. The molecule has 1 aliphatic rings. The second kappa shape index (κ2) is 9.65. The van der Waals surface area contributed by atoms with Gasteiger partial charge in [0.25, 0.3) is 5.91 Å². The van der Waals surface area contributed by atoms with Crippen molar-refractivity contribution in [2.75, 3.05) is 32.1 Å². The topological polar surface area (TPSA) is 146 Å². The van der Waals surface area contributed by atoms with Gasteiger partial charge < -0.3 is 25.8 Å². The van der Waals surface area contributed by atoms with Crippen LogP contribution in [0.15, 0.2) is 30.5 Å². The summed E-state index contributed by atoms with van der Waals surface area (Å²) >= 11 is 0. The first-order valence-electron chi connectivity index (χ1n) is 10.1. The number of nitrogens with one attached hydrogen (secondary N) is 1. The molecule has 0 radical (unpaired) electrons. The Balaban J connectivity index is 1.97. The normalized spacial score (nSPS) is 20.5. The molecule has 1 saturated heterocycles. The molecular formula is C21H25FN6O4. The van der Waals surface area contributed by atoms with Crippen LogP contribution in [-0.2, 0) is 4.74 Å². The van der Waals surface area contributed by atoms with Gasteiger partial charge in [0.15, 0.2) is 5.82 Å². The summed E-state index contributed by atoms with van der Waals surface area (Å²) in [5.41, 5.74) is 5.09. The van der Waals surface area contributed by atoms with Crippen LogP contribution in [0.1, 0.15) is 35.7 Å². The largest absolute Gasteiger partial charge is 0.465 e. The van der Waals surface area contributed by atoms with E-state index in [1.54, 1.807) is 7.11 Å². The van der Waals surface area contributed by atoms with Gasteiger partial charge in [-0.15, -0.1) is 0 Å². The first kappa shape index (κ1) is 23.0. The van der Waals surface area contributed by atoms with Crippen molar-refractivity contribution in [2.24, 2.45) is 11.1 Å². The molecule has 0 spiro atoms. The zero-order chi connectivity index (χ0) is 23.3. The van der Waals surface area contributed by atoms with E-state index in [1.807, 2.05) is 0 Å². The Morgan fingerprint density at radius 1 is 1.44 bits per heavy atom. The molecule has 0 unspecified atom stereocenters. The van der Waals surface area contributed by atoms with E-state index in [9.17, 15) is 24.3 Å². The third-order valence-electron chi connectivity index (χ3n) is 5.67. The summed E-state index contributed by atoms with van der Waals surface area (Å²) in [6.45, 7) is 0.659. The molecular weight excluding hydrogens is 419 g/mol. The van der Waals surface area contributed by atoms with Gasteiger partial charge in [-0.1, -0.05) is 0 Å². The second-order valence-electron chi connectivity index (χ2n) is 7.74. The predicted molar refractivity (Wildman–Crippen MR) is 113 cm³/mol. The number of hydrogen-bond donors (Lipinski definition) is 3. The average molecular weight is 444 g/mol. The fourth-order valence-corrected chi connectivity index (χ4v) is 4.07. The zero-order valence-corrected chi connectivity index (χ0v) is 17.6. The van der Waals surface area contributed by atoms with Crippen molar-refractivity contribution in [3.05, 3.63) is 41.8 Å². The number of piperidine rings is 1. The number of methoxy groups -OCH3 is 1. The highest BCUT2D eigenvalue weighted by atomic mass is 19.1. The maximum Gasteiger partial charge on any atom is 0.407 e. The number of amides is 2. The fourth-order valence-electron chi connectivity index (χ4n) is 4.07. The molecule has 10 nitrogen and oxygen atoms in total. The van der Waals surface area contributed by atoms with Crippen molar-refractivity contribution in [3.63, 3.8) is 0 Å². The van der Waals surface area contributed by atoms with Gasteiger partial charge in [-0.3, -0.25) is 9.48 Å². The number of nitriles is 1. The number of rotatable bonds is 8. The van der Waals surface area contributed by atoms with Crippen LogP contribution in [0.5, 0.6) is 0 Å². The van der Waals surface area contributed by atoms with Crippen molar-refractivity contribution in [3.8, 4) is 6.07 Å². The molecule has 2 heterocycles. The third-order valence-corrected chi connectivity index (χ3v) is 5.67. The molecule has 32 heavy (non-hydrogen) atoms. The van der Waals surface area contributed by atoms with Gasteiger partial charge in [-0.2, -0.15) is 10.4 Å². The van der Waals surface area contributed by atoms with Gasteiger partial charge in [0.1, 0.15) is 11.4 Å². The SMILES string of the molecule is COCCC[C@]1(C#N)CN(C(=O)O)CC[C@@H]1n1cc(C(N)=O)c(Nc2ccc(F)cc2)n1. The lowest BCUT2D eigenvalue weighted by Crippen LogP contribution is -2.50. The number of carbonyl (C=O) groups excluding carboxylic acids is 1. The molecule has 0 saturated carbocycles. The van der Waals surface area contributed by atoms with Crippen molar-refractivity contribution < 1.29 is 23.8 Å². The van der Waals surface area contributed by atoms with Crippen molar-refractivity contribution in [2.45, 2.75) is 25.3 Å². The number of hydrogen-bond acceptors (Lipinski definition) is 6. The Labute approximate surface area is 184 Å². The smallest absolute Gasteiger partial charge is 0.407 e. The van der Waals surface area contributed by atoms with E-state index in [0.717, 1.165) is 0 Å². The number of primary amides is 1. The number of halogens is 1. The van der Waals surface area contributed by atoms with E-state index in [4.69, 9.17) is 10.5 Å². The van der Waals surface area contributed by atoms with Gasteiger partial charge in [-0.05, 0) is 43.5 Å². The van der Waals surface area contributed by atoms with Crippen molar-refractivity contribution in [1.82, 2.24) is 14.7 Å². The number of nitrogens with two attached hydrogens (primary N) is 1. The molecule has 2 amide bonds. The van der Waals surface area contributed by atoms with E-state index in [0.29, 0.717) is 31.6 Å². The van der Waals surface area contributed by atoms with Gasteiger partial charge >= 0.3 is 6.09 Å². The van der Waals surface area contributed by atoms with Crippen LogP contribution in [0.2, 0.25) is 0 Å². The summed E-state index contributed by atoms with van der Waals surface area (Å²) < 4.78 is 19.8. The Morgan fingerprint density at radius 3 is 2.75 bits per heavy atom. The molecule has 2 atom stereocenters. The van der Waals surface area contributed by atoms with Crippen LogP contribution in [0.25, 0.3) is 0 Å². The number of ether oxygens (including phenoxy) is 1. The summed E-state index contributed by atoms with van der Waals surface area (Å²) in [7, 11) is 1.56. The summed E-state index contributed by atoms with van der Waals surface area (Å²) in [5, 5.41) is 27.0. The minimum absolute atomic E-state index is 0.0136. The van der Waals surface area contributed by atoms with Crippen LogP contribution in [0.4, 0.5) is 20.7 Å². The Bertz CT molecular complexity index is 1020. The first-order valence-corrected chi connectivity index (χ1v) is 10.1. The minimum Gasteiger partial charge on any atom is -0.465 e. The van der Waals surface area contributed by atoms with E-state index < -0.39 is 29.3 Å². The van der Waals surface area contributed by atoms with E-state index in [2.05, 4.69) is 16.5 Å². The molecule has 0 bridgehead atoms. The van der Waals surface area contributed by atoms with Crippen LogP contribution in [0, 0.1) is 22.6 Å². The highest BCUT2D eigenvalue weighted by Gasteiger charge is 2.46. The summed E-state index contributed by atoms with van der Waals surface area (Å²) in [4.78, 5) is 24.8. The molecule has 0 aliphatic carbocycles. The van der Waals surface area contributed by atoms with E-state index in [-0.39, 0.29) is 24.5 Å². The minimum atomic E-state index is -1.09. The number of aromatic nitrogens is 2. The lowest BCUT2D eigenvalue weighted by molar-refractivity contribution is 0.0529. The van der Waals surface area contributed by atoms with Gasteiger partial charge in [0.2, 0.25) is 0 Å². The number of nitrogens with zero attached hydrogens (tertiary/aromatic N) is 4.